The average Bonchev–Trinajstić information content (AvgIpc) is 3.48. The molecular weight excluding hydrogens is 416 g/mol. The van der Waals surface area contributed by atoms with Gasteiger partial charge in [-0.1, -0.05) is 12.8 Å². The van der Waals surface area contributed by atoms with E-state index in [9.17, 15) is 4.79 Å². The molecule has 0 bridgehead atoms. The number of rotatable bonds is 4. The molecule has 1 unspecified atom stereocenters. The van der Waals surface area contributed by atoms with Crippen LogP contribution in [0.1, 0.15) is 44.1 Å². The molecule has 1 aliphatic carbocycles. The Morgan fingerprint density at radius 2 is 1.88 bits per heavy atom. The highest BCUT2D eigenvalue weighted by molar-refractivity contribution is 5.93. The molecule has 2 aromatic heterocycles. The van der Waals surface area contributed by atoms with Gasteiger partial charge in [0.25, 0.3) is 0 Å². The monoisotopic (exact) mass is 448 g/mol. The summed E-state index contributed by atoms with van der Waals surface area (Å²) in [6, 6.07) is 4.45. The Balaban J connectivity index is 1.26. The number of amides is 1. The van der Waals surface area contributed by atoms with Crippen LogP contribution in [-0.4, -0.2) is 65.2 Å². The third-order valence-electron chi connectivity index (χ3n) is 7.65. The zero-order valence-electron chi connectivity index (χ0n) is 19.0. The van der Waals surface area contributed by atoms with E-state index in [-0.39, 0.29) is 5.91 Å². The molecule has 2 saturated heterocycles. The summed E-state index contributed by atoms with van der Waals surface area (Å²) in [7, 11) is 0. The van der Waals surface area contributed by atoms with Crippen LogP contribution in [0.15, 0.2) is 24.5 Å². The largest absolute Gasteiger partial charge is 0.368 e. The predicted octanol–water partition coefficient (Wildman–Crippen LogP) is 1.98. The number of hydrogen-bond acceptors (Lipinski definition) is 8. The number of piperidine rings is 1. The highest BCUT2D eigenvalue weighted by Gasteiger charge is 2.54. The predicted molar refractivity (Wildman–Crippen MR) is 128 cm³/mol. The van der Waals surface area contributed by atoms with Crippen LogP contribution < -0.4 is 25.8 Å². The molecule has 33 heavy (non-hydrogen) atoms. The number of nitrogens with zero attached hydrogens (tertiary/aromatic N) is 5. The maximum absolute atomic E-state index is 13.2. The van der Waals surface area contributed by atoms with Gasteiger partial charge in [-0.2, -0.15) is 4.98 Å². The molecule has 0 radical (unpaired) electrons. The Bertz CT molecular complexity index is 1020. The van der Waals surface area contributed by atoms with Crippen molar-refractivity contribution in [3.05, 3.63) is 30.1 Å². The third-order valence-corrected chi connectivity index (χ3v) is 7.65. The van der Waals surface area contributed by atoms with Crippen LogP contribution in [0.3, 0.4) is 0 Å². The van der Waals surface area contributed by atoms with Gasteiger partial charge in [0, 0.05) is 56.9 Å². The Hall–Kier alpha value is -2.94. The Morgan fingerprint density at radius 3 is 2.64 bits per heavy atom. The summed E-state index contributed by atoms with van der Waals surface area (Å²) in [4.78, 5) is 32.0. The number of carbonyl (C=O) groups is 1. The van der Waals surface area contributed by atoms with Crippen molar-refractivity contribution in [2.24, 2.45) is 0 Å². The lowest BCUT2D eigenvalue weighted by Gasteiger charge is -2.44. The quantitative estimate of drug-likeness (QED) is 0.653. The first kappa shape index (κ1) is 20.7. The first-order valence-electron chi connectivity index (χ1n) is 12.4. The lowest BCUT2D eigenvalue weighted by Crippen LogP contribution is -2.63. The van der Waals surface area contributed by atoms with Crippen LogP contribution in [0.5, 0.6) is 0 Å². The SMILES string of the molecule is O=C1NCCCC12Cc1cnc(Nc3ccc(N4CCNCC4)cn3)nc1N2C1CCCC1. The molecule has 3 N–H and O–H groups in total. The summed E-state index contributed by atoms with van der Waals surface area (Å²) >= 11 is 0. The summed E-state index contributed by atoms with van der Waals surface area (Å²) in [5, 5.41) is 9.79. The van der Waals surface area contributed by atoms with Crippen molar-refractivity contribution >= 4 is 29.2 Å². The Morgan fingerprint density at radius 1 is 1.03 bits per heavy atom. The van der Waals surface area contributed by atoms with Crippen LogP contribution in [0.2, 0.25) is 0 Å². The fourth-order valence-corrected chi connectivity index (χ4v) is 6.02. The summed E-state index contributed by atoms with van der Waals surface area (Å²) in [5.74, 6) is 2.34. The van der Waals surface area contributed by atoms with E-state index in [2.05, 4.69) is 41.8 Å². The zero-order chi connectivity index (χ0) is 22.3. The van der Waals surface area contributed by atoms with E-state index >= 15 is 0 Å². The molecule has 3 fully saturated rings. The van der Waals surface area contributed by atoms with Gasteiger partial charge in [0.2, 0.25) is 11.9 Å². The van der Waals surface area contributed by atoms with Crippen molar-refractivity contribution in [2.45, 2.75) is 56.5 Å². The minimum absolute atomic E-state index is 0.151. The van der Waals surface area contributed by atoms with Gasteiger partial charge in [-0.25, -0.2) is 9.97 Å². The molecule has 1 spiro atoms. The highest BCUT2D eigenvalue weighted by atomic mass is 16.2. The molecule has 1 amide bonds. The molecule has 5 heterocycles. The number of carbonyl (C=O) groups excluding carboxylic acids is 1. The van der Waals surface area contributed by atoms with Crippen LogP contribution in [0.4, 0.5) is 23.3 Å². The molecule has 4 aliphatic rings. The summed E-state index contributed by atoms with van der Waals surface area (Å²) in [6.45, 7) is 4.76. The van der Waals surface area contributed by atoms with E-state index < -0.39 is 5.54 Å². The smallest absolute Gasteiger partial charge is 0.246 e. The van der Waals surface area contributed by atoms with Crippen LogP contribution in [-0.2, 0) is 11.2 Å². The van der Waals surface area contributed by atoms with Crippen molar-refractivity contribution in [2.75, 3.05) is 47.8 Å². The van der Waals surface area contributed by atoms with Gasteiger partial charge in [-0.05, 0) is 37.8 Å². The molecule has 0 aromatic carbocycles. The van der Waals surface area contributed by atoms with Crippen LogP contribution in [0.25, 0.3) is 0 Å². The second kappa shape index (κ2) is 8.44. The van der Waals surface area contributed by atoms with Gasteiger partial charge >= 0.3 is 0 Å². The first-order chi connectivity index (χ1) is 16.2. The van der Waals surface area contributed by atoms with E-state index in [1.807, 2.05) is 18.5 Å². The van der Waals surface area contributed by atoms with Crippen molar-refractivity contribution in [3.63, 3.8) is 0 Å². The van der Waals surface area contributed by atoms with Gasteiger partial charge in [0.15, 0.2) is 0 Å². The normalized spacial score (nSPS) is 25.4. The Labute approximate surface area is 194 Å². The lowest BCUT2D eigenvalue weighted by molar-refractivity contribution is -0.128. The first-order valence-corrected chi connectivity index (χ1v) is 12.4. The number of fused-ring (bicyclic) bond motifs is 1. The van der Waals surface area contributed by atoms with E-state index in [4.69, 9.17) is 4.98 Å². The van der Waals surface area contributed by atoms with Gasteiger partial charge in [0.1, 0.15) is 17.2 Å². The van der Waals surface area contributed by atoms with Gasteiger partial charge < -0.3 is 25.8 Å². The molecule has 174 valence electrons. The van der Waals surface area contributed by atoms with E-state index in [1.54, 1.807) is 0 Å². The van der Waals surface area contributed by atoms with Crippen molar-refractivity contribution < 1.29 is 4.79 Å². The van der Waals surface area contributed by atoms with E-state index in [0.29, 0.717) is 18.4 Å². The highest BCUT2D eigenvalue weighted by Crippen LogP contribution is 2.46. The number of pyridine rings is 1. The summed E-state index contributed by atoms with van der Waals surface area (Å²) < 4.78 is 0. The van der Waals surface area contributed by atoms with Crippen molar-refractivity contribution in [1.82, 2.24) is 25.6 Å². The maximum atomic E-state index is 13.2. The summed E-state index contributed by atoms with van der Waals surface area (Å²) in [5.41, 5.74) is 1.70. The van der Waals surface area contributed by atoms with Crippen LogP contribution >= 0.6 is 0 Å². The van der Waals surface area contributed by atoms with Gasteiger partial charge in [-0.3, -0.25) is 4.79 Å². The second-order valence-corrected chi connectivity index (χ2v) is 9.68. The van der Waals surface area contributed by atoms with Crippen LogP contribution in [0, 0.1) is 0 Å². The molecule has 2 aromatic rings. The van der Waals surface area contributed by atoms with Gasteiger partial charge in [-0.15, -0.1) is 0 Å². The maximum Gasteiger partial charge on any atom is 0.246 e. The molecule has 1 saturated carbocycles. The molecule has 1 atom stereocenters. The third kappa shape index (κ3) is 3.68. The number of anilines is 4. The fraction of sp³-hybridized carbons (Fsp3) is 0.583. The standard InChI is InChI=1S/C24H32N8O/c33-22-24(8-3-9-26-22)14-17-15-28-23(30-21(17)32(24)18-4-1-2-5-18)29-20-7-6-19(16-27-20)31-12-10-25-11-13-31/h6-7,15-16,18,25H,1-5,8-14H2,(H,26,33)(H,27,28,29,30). The lowest BCUT2D eigenvalue weighted by atomic mass is 9.84. The number of nitrogens with one attached hydrogen (secondary N) is 3. The van der Waals surface area contributed by atoms with Gasteiger partial charge in [0.05, 0.1) is 11.9 Å². The number of aromatic nitrogens is 3. The van der Waals surface area contributed by atoms with E-state index in [0.717, 1.165) is 81.3 Å². The zero-order valence-corrected chi connectivity index (χ0v) is 19.0. The fourth-order valence-electron chi connectivity index (χ4n) is 6.02. The molecular formula is C24H32N8O. The Kier molecular flexibility index (Phi) is 5.28. The molecule has 9 nitrogen and oxygen atoms in total. The number of hydrogen-bond donors (Lipinski definition) is 3. The topological polar surface area (TPSA) is 98.3 Å². The average molecular weight is 449 g/mol. The van der Waals surface area contributed by atoms with E-state index in [1.165, 1.54) is 12.8 Å². The van der Waals surface area contributed by atoms with Crippen molar-refractivity contribution in [3.8, 4) is 0 Å². The number of piperazine rings is 1. The van der Waals surface area contributed by atoms with Crippen molar-refractivity contribution in [1.29, 1.82) is 0 Å². The molecule has 9 heteroatoms. The minimum Gasteiger partial charge on any atom is -0.368 e. The molecule has 6 rings (SSSR count). The second-order valence-electron chi connectivity index (χ2n) is 9.68. The summed E-state index contributed by atoms with van der Waals surface area (Å²) in [6.07, 6.45) is 11.1. The minimum atomic E-state index is -0.508. The molecule has 3 aliphatic heterocycles.